The second-order valence-electron chi connectivity index (χ2n) is 3.88. The van der Waals surface area contributed by atoms with Crippen LogP contribution < -0.4 is 5.32 Å². The number of rotatable bonds is 4. The number of nitro benzene ring substituents is 1. The second kappa shape index (κ2) is 5.67. The van der Waals surface area contributed by atoms with Gasteiger partial charge in [-0.2, -0.15) is 0 Å². The molecule has 0 saturated heterocycles. The number of benzene rings is 1. The Kier molecular flexibility index (Phi) is 3.94. The van der Waals surface area contributed by atoms with E-state index in [1.165, 1.54) is 11.4 Å². The number of aromatic carboxylic acids is 1. The first-order valence-electron chi connectivity index (χ1n) is 5.45. The van der Waals surface area contributed by atoms with E-state index in [9.17, 15) is 24.1 Å². The van der Waals surface area contributed by atoms with E-state index in [-0.39, 0.29) is 16.1 Å². The largest absolute Gasteiger partial charge is 0.478 e. The van der Waals surface area contributed by atoms with Gasteiger partial charge in [-0.15, -0.1) is 11.3 Å². The van der Waals surface area contributed by atoms with Gasteiger partial charge in [-0.3, -0.25) is 14.9 Å². The molecule has 0 aliphatic carbocycles. The number of carbonyl (C=O) groups is 2. The Labute approximate surface area is 120 Å². The van der Waals surface area contributed by atoms with Crippen LogP contribution in [-0.2, 0) is 0 Å². The first-order chi connectivity index (χ1) is 9.88. The van der Waals surface area contributed by atoms with E-state index >= 15 is 0 Å². The van der Waals surface area contributed by atoms with Crippen LogP contribution in [0.2, 0.25) is 0 Å². The normalized spacial score (nSPS) is 10.1. The molecular weight excluding hydrogens is 303 g/mol. The smallest absolute Gasteiger partial charge is 0.338 e. The number of carboxylic acids is 1. The van der Waals surface area contributed by atoms with Gasteiger partial charge in [0.15, 0.2) is 0 Å². The molecule has 0 aliphatic heterocycles. The minimum absolute atomic E-state index is 0.0689. The van der Waals surface area contributed by atoms with Gasteiger partial charge in [-0.05, 0) is 17.5 Å². The summed E-state index contributed by atoms with van der Waals surface area (Å²) in [7, 11) is 0. The van der Waals surface area contributed by atoms with Gasteiger partial charge in [-0.25, -0.2) is 9.18 Å². The van der Waals surface area contributed by atoms with Crippen molar-refractivity contribution < 1.29 is 24.0 Å². The van der Waals surface area contributed by atoms with E-state index < -0.39 is 28.3 Å². The third-order valence-electron chi connectivity index (χ3n) is 2.48. The van der Waals surface area contributed by atoms with Crippen molar-refractivity contribution in [3.05, 3.63) is 56.7 Å². The Morgan fingerprint density at radius 3 is 2.67 bits per heavy atom. The van der Waals surface area contributed by atoms with Crippen LogP contribution in [0.15, 0.2) is 29.6 Å². The van der Waals surface area contributed by atoms with E-state index in [1.54, 1.807) is 0 Å². The topological polar surface area (TPSA) is 110 Å². The van der Waals surface area contributed by atoms with Crippen LogP contribution in [0.3, 0.4) is 0 Å². The van der Waals surface area contributed by atoms with Crippen LogP contribution in [-0.4, -0.2) is 21.9 Å². The van der Waals surface area contributed by atoms with Gasteiger partial charge in [0, 0.05) is 11.6 Å². The Hall–Kier alpha value is -2.81. The first kappa shape index (κ1) is 14.6. The minimum Gasteiger partial charge on any atom is -0.478 e. The third kappa shape index (κ3) is 3.20. The fourth-order valence-corrected chi connectivity index (χ4v) is 2.33. The molecule has 2 N–H and O–H groups in total. The monoisotopic (exact) mass is 310 g/mol. The van der Waals surface area contributed by atoms with Crippen molar-refractivity contribution >= 4 is 33.9 Å². The molecule has 1 aromatic heterocycles. The number of nitrogens with one attached hydrogen (secondary N) is 1. The van der Waals surface area contributed by atoms with E-state index in [0.29, 0.717) is 6.07 Å². The summed E-state index contributed by atoms with van der Waals surface area (Å²) in [5.41, 5.74) is -0.949. The van der Waals surface area contributed by atoms with Gasteiger partial charge in [-0.1, -0.05) is 0 Å². The zero-order valence-corrected chi connectivity index (χ0v) is 11.0. The van der Waals surface area contributed by atoms with E-state index in [2.05, 4.69) is 5.32 Å². The maximum atomic E-state index is 13.3. The number of thiophene rings is 1. The Morgan fingerprint density at radius 2 is 2.05 bits per heavy atom. The summed E-state index contributed by atoms with van der Waals surface area (Å²) < 4.78 is 13.3. The molecule has 1 heterocycles. The van der Waals surface area contributed by atoms with Crippen LogP contribution in [0.25, 0.3) is 0 Å². The average molecular weight is 310 g/mol. The van der Waals surface area contributed by atoms with Crippen molar-refractivity contribution in [2.45, 2.75) is 0 Å². The molecule has 1 amide bonds. The van der Waals surface area contributed by atoms with E-state index in [0.717, 1.165) is 23.5 Å². The molecule has 0 aliphatic rings. The summed E-state index contributed by atoms with van der Waals surface area (Å²) in [6.45, 7) is 0. The van der Waals surface area contributed by atoms with Crippen LogP contribution in [0.1, 0.15) is 20.7 Å². The standard InChI is InChI=1S/C12H7FN2O5S/c13-7-3-6(4-8(5-7)15(19)20)10(16)14-11-9(12(17)18)1-2-21-11/h1-5H,(H,14,16)(H,17,18). The number of halogens is 1. The molecule has 2 rings (SSSR count). The number of hydrogen-bond acceptors (Lipinski definition) is 5. The molecule has 0 bridgehead atoms. The Balaban J connectivity index is 2.30. The number of hydrogen-bond donors (Lipinski definition) is 2. The zero-order chi connectivity index (χ0) is 15.6. The predicted octanol–water partition coefficient (Wildman–Crippen LogP) is 2.75. The molecular formula is C12H7FN2O5S. The summed E-state index contributed by atoms with van der Waals surface area (Å²) in [4.78, 5) is 32.6. The van der Waals surface area contributed by atoms with Crippen molar-refractivity contribution in [2.75, 3.05) is 5.32 Å². The summed E-state index contributed by atoms with van der Waals surface area (Å²) in [6.07, 6.45) is 0. The fourth-order valence-electron chi connectivity index (χ4n) is 1.56. The molecule has 21 heavy (non-hydrogen) atoms. The quantitative estimate of drug-likeness (QED) is 0.666. The number of anilines is 1. The SMILES string of the molecule is O=C(Nc1sccc1C(=O)O)c1cc(F)cc([N+](=O)[O-])c1. The molecule has 0 atom stereocenters. The average Bonchev–Trinajstić information content (AvgIpc) is 2.86. The molecule has 0 spiro atoms. The highest BCUT2D eigenvalue weighted by atomic mass is 32.1. The second-order valence-corrected chi connectivity index (χ2v) is 4.79. The van der Waals surface area contributed by atoms with Crippen molar-refractivity contribution in [2.24, 2.45) is 0 Å². The first-order valence-corrected chi connectivity index (χ1v) is 6.33. The third-order valence-corrected chi connectivity index (χ3v) is 3.31. The highest BCUT2D eigenvalue weighted by Crippen LogP contribution is 2.24. The number of nitrogens with zero attached hydrogens (tertiary/aromatic N) is 1. The number of carbonyl (C=O) groups excluding carboxylic acids is 1. The van der Waals surface area contributed by atoms with E-state index in [1.807, 2.05) is 0 Å². The number of amides is 1. The van der Waals surface area contributed by atoms with Gasteiger partial charge >= 0.3 is 5.97 Å². The maximum Gasteiger partial charge on any atom is 0.338 e. The predicted molar refractivity (Wildman–Crippen MR) is 72.3 cm³/mol. The van der Waals surface area contributed by atoms with Crippen LogP contribution in [0, 0.1) is 15.9 Å². The lowest BCUT2D eigenvalue weighted by Gasteiger charge is -2.04. The Bertz CT molecular complexity index is 743. The zero-order valence-electron chi connectivity index (χ0n) is 10.2. The lowest BCUT2D eigenvalue weighted by atomic mass is 10.2. The summed E-state index contributed by atoms with van der Waals surface area (Å²) in [6, 6.07) is 3.73. The summed E-state index contributed by atoms with van der Waals surface area (Å²) in [5, 5.41) is 23.4. The minimum atomic E-state index is -1.23. The number of non-ortho nitro benzene ring substituents is 1. The van der Waals surface area contributed by atoms with Gasteiger partial charge in [0.05, 0.1) is 16.6 Å². The van der Waals surface area contributed by atoms with Crippen LogP contribution >= 0.6 is 11.3 Å². The highest BCUT2D eigenvalue weighted by Gasteiger charge is 2.18. The van der Waals surface area contributed by atoms with Crippen LogP contribution in [0.5, 0.6) is 0 Å². The fraction of sp³-hybridized carbons (Fsp3) is 0. The maximum absolute atomic E-state index is 13.3. The van der Waals surface area contributed by atoms with Gasteiger partial charge in [0.25, 0.3) is 11.6 Å². The number of carboxylic acid groups (broad SMARTS) is 1. The molecule has 1 aromatic carbocycles. The van der Waals surface area contributed by atoms with Gasteiger partial charge in [0.1, 0.15) is 10.8 Å². The van der Waals surface area contributed by atoms with Crippen molar-refractivity contribution in [1.82, 2.24) is 0 Å². The number of nitro groups is 1. The molecule has 0 unspecified atom stereocenters. The van der Waals surface area contributed by atoms with Crippen LogP contribution in [0.4, 0.5) is 15.1 Å². The van der Waals surface area contributed by atoms with Gasteiger partial charge < -0.3 is 10.4 Å². The molecule has 108 valence electrons. The van der Waals surface area contributed by atoms with E-state index in [4.69, 9.17) is 5.11 Å². The molecule has 0 saturated carbocycles. The molecule has 2 aromatic rings. The molecule has 7 nitrogen and oxygen atoms in total. The van der Waals surface area contributed by atoms with Crippen molar-refractivity contribution in [3.8, 4) is 0 Å². The summed E-state index contributed by atoms with van der Waals surface area (Å²) >= 11 is 0.975. The lowest BCUT2D eigenvalue weighted by molar-refractivity contribution is -0.385. The Morgan fingerprint density at radius 1 is 1.33 bits per heavy atom. The molecule has 0 fully saturated rings. The molecule has 0 radical (unpaired) electrons. The summed E-state index contributed by atoms with van der Waals surface area (Å²) in [5.74, 6) is -2.99. The lowest BCUT2D eigenvalue weighted by Crippen LogP contribution is -2.13. The van der Waals surface area contributed by atoms with Gasteiger partial charge in [0.2, 0.25) is 0 Å². The highest BCUT2D eigenvalue weighted by molar-refractivity contribution is 7.14. The van der Waals surface area contributed by atoms with Crippen molar-refractivity contribution in [1.29, 1.82) is 0 Å². The van der Waals surface area contributed by atoms with Crippen molar-refractivity contribution in [3.63, 3.8) is 0 Å². The molecule has 9 heteroatoms.